The van der Waals surface area contributed by atoms with Crippen LogP contribution < -0.4 is 0 Å². The average Bonchev–Trinajstić information content (AvgIpc) is 2.71. The third-order valence-electron chi connectivity index (χ3n) is 4.43. The van der Waals surface area contributed by atoms with Gasteiger partial charge in [-0.1, -0.05) is 0 Å². The van der Waals surface area contributed by atoms with Crippen molar-refractivity contribution in [2.45, 2.75) is 19.5 Å². The number of aryl methyl sites for hydroxylation is 1. The molecule has 1 aromatic heterocycles. The van der Waals surface area contributed by atoms with Crippen molar-refractivity contribution in [3.63, 3.8) is 0 Å². The minimum Gasteiger partial charge on any atom is -0.330 e. The van der Waals surface area contributed by atoms with Gasteiger partial charge < -0.3 is 14.5 Å². The molecule has 0 spiro atoms. The van der Waals surface area contributed by atoms with E-state index in [0.29, 0.717) is 16.4 Å². The Hall–Kier alpha value is -1.24. The molecule has 1 aliphatic rings. The molecule has 2 heterocycles. The van der Waals surface area contributed by atoms with Gasteiger partial charge in [0, 0.05) is 32.2 Å². The van der Waals surface area contributed by atoms with E-state index in [9.17, 15) is 4.39 Å². The number of nitrogens with one attached hydrogen (secondary N) is 1. The van der Waals surface area contributed by atoms with Crippen LogP contribution in [0.25, 0.3) is 11.0 Å². The van der Waals surface area contributed by atoms with Crippen molar-refractivity contribution < 1.29 is 4.39 Å². The zero-order valence-corrected chi connectivity index (χ0v) is 13.5. The van der Waals surface area contributed by atoms with E-state index in [4.69, 9.17) is 12.2 Å². The molecule has 3 rings (SSSR count). The summed E-state index contributed by atoms with van der Waals surface area (Å²) in [5.74, 6) is -0.194. The number of fused-ring (bicyclic) bond motifs is 1. The molecule has 6 heteroatoms. The van der Waals surface area contributed by atoms with E-state index >= 15 is 0 Å². The van der Waals surface area contributed by atoms with Gasteiger partial charge in [0.15, 0.2) is 4.77 Å². The Morgan fingerprint density at radius 1 is 1.33 bits per heavy atom. The molecule has 1 fully saturated rings. The van der Waals surface area contributed by atoms with Crippen molar-refractivity contribution >= 4 is 23.3 Å². The first kappa shape index (κ1) is 14.7. The number of H-pyrrole nitrogens is 1. The zero-order valence-electron chi connectivity index (χ0n) is 12.7. The molecule has 1 aliphatic heterocycles. The number of imidazole rings is 1. The minimum atomic E-state index is -0.194. The molecule has 0 amide bonds. The smallest absolute Gasteiger partial charge is 0.178 e. The molecule has 0 bridgehead atoms. The summed E-state index contributed by atoms with van der Waals surface area (Å²) in [7, 11) is 4.30. The Bertz CT molecular complexity index is 720. The highest BCUT2D eigenvalue weighted by Gasteiger charge is 2.23. The molecular formula is C15H21FN4S. The van der Waals surface area contributed by atoms with E-state index in [1.54, 1.807) is 6.92 Å². The molecule has 114 valence electrons. The number of piperazine rings is 1. The molecule has 1 unspecified atom stereocenters. The van der Waals surface area contributed by atoms with E-state index < -0.39 is 0 Å². The van der Waals surface area contributed by atoms with E-state index in [1.807, 2.05) is 6.07 Å². The van der Waals surface area contributed by atoms with Gasteiger partial charge in [0.25, 0.3) is 0 Å². The summed E-state index contributed by atoms with van der Waals surface area (Å²) < 4.78 is 16.4. The Kier molecular flexibility index (Phi) is 3.86. The third-order valence-corrected chi connectivity index (χ3v) is 4.75. The first-order valence-corrected chi connectivity index (χ1v) is 7.64. The summed E-state index contributed by atoms with van der Waals surface area (Å²) in [6.07, 6.45) is 0. The lowest BCUT2D eigenvalue weighted by Gasteiger charge is -2.37. The van der Waals surface area contributed by atoms with Gasteiger partial charge in [-0.2, -0.15) is 0 Å². The zero-order chi connectivity index (χ0) is 15.1. The number of halogens is 1. The van der Waals surface area contributed by atoms with Crippen molar-refractivity contribution in [1.29, 1.82) is 0 Å². The van der Waals surface area contributed by atoms with Gasteiger partial charge in [-0.3, -0.25) is 4.90 Å². The first-order chi connectivity index (χ1) is 9.95. The predicted molar refractivity (Wildman–Crippen MR) is 85.7 cm³/mol. The number of nitrogens with zero attached hydrogens (tertiary/aromatic N) is 3. The molecule has 21 heavy (non-hydrogen) atoms. The van der Waals surface area contributed by atoms with Crippen molar-refractivity contribution in [1.82, 2.24) is 19.4 Å². The number of rotatable bonds is 2. The number of benzene rings is 1. The van der Waals surface area contributed by atoms with Crippen LogP contribution in [0.4, 0.5) is 4.39 Å². The number of aromatic nitrogens is 2. The van der Waals surface area contributed by atoms with Crippen LogP contribution in [0.5, 0.6) is 0 Å². The monoisotopic (exact) mass is 308 g/mol. The molecular weight excluding hydrogens is 287 g/mol. The summed E-state index contributed by atoms with van der Waals surface area (Å²) in [6.45, 7) is 5.78. The van der Waals surface area contributed by atoms with Gasteiger partial charge in [-0.25, -0.2) is 4.39 Å². The SMILES string of the molecule is Cc1cc2c(cc1F)[nH]c(=S)n2CC1CN(C)CCN1C. The molecule has 1 aromatic carbocycles. The Morgan fingerprint density at radius 3 is 2.86 bits per heavy atom. The molecule has 0 saturated carbocycles. The summed E-state index contributed by atoms with van der Waals surface area (Å²) in [6, 6.07) is 3.83. The summed E-state index contributed by atoms with van der Waals surface area (Å²) in [4.78, 5) is 7.83. The number of hydrogen-bond acceptors (Lipinski definition) is 3. The quantitative estimate of drug-likeness (QED) is 0.863. The predicted octanol–water partition coefficient (Wildman–Crippen LogP) is 2.39. The number of hydrogen-bond donors (Lipinski definition) is 1. The van der Waals surface area contributed by atoms with Crippen molar-refractivity contribution in [3.8, 4) is 0 Å². The molecule has 0 radical (unpaired) electrons. The fourth-order valence-corrected chi connectivity index (χ4v) is 3.26. The summed E-state index contributed by atoms with van der Waals surface area (Å²) in [5.41, 5.74) is 2.41. The minimum absolute atomic E-state index is 0.194. The standard InChI is InChI=1S/C15H21FN4S/c1-10-6-14-13(7-12(10)16)17-15(21)20(14)9-11-8-18(2)4-5-19(11)3/h6-7,11H,4-5,8-9H2,1-3H3,(H,17,21). The average molecular weight is 308 g/mol. The highest BCUT2D eigenvalue weighted by molar-refractivity contribution is 7.71. The van der Waals surface area contributed by atoms with E-state index in [1.165, 1.54) is 6.07 Å². The van der Waals surface area contributed by atoms with Crippen molar-refractivity contribution in [2.75, 3.05) is 33.7 Å². The molecule has 0 aliphatic carbocycles. The molecule has 1 saturated heterocycles. The normalized spacial score (nSPS) is 21.2. The second-order valence-corrected chi connectivity index (χ2v) is 6.44. The fourth-order valence-electron chi connectivity index (χ4n) is 2.97. The largest absolute Gasteiger partial charge is 0.330 e. The molecule has 2 aromatic rings. The summed E-state index contributed by atoms with van der Waals surface area (Å²) in [5, 5.41) is 0. The summed E-state index contributed by atoms with van der Waals surface area (Å²) >= 11 is 5.43. The van der Waals surface area contributed by atoms with Gasteiger partial charge in [0.05, 0.1) is 11.0 Å². The Balaban J connectivity index is 1.98. The van der Waals surface area contributed by atoms with E-state index in [0.717, 1.165) is 37.2 Å². The first-order valence-electron chi connectivity index (χ1n) is 7.23. The van der Waals surface area contributed by atoms with Crippen LogP contribution >= 0.6 is 12.2 Å². The lowest BCUT2D eigenvalue weighted by Crippen LogP contribution is -2.51. The van der Waals surface area contributed by atoms with Crippen LogP contribution in [-0.2, 0) is 6.54 Å². The van der Waals surface area contributed by atoms with Crippen LogP contribution in [0.2, 0.25) is 0 Å². The Morgan fingerprint density at radius 2 is 2.10 bits per heavy atom. The second-order valence-electron chi connectivity index (χ2n) is 6.06. The highest BCUT2D eigenvalue weighted by Crippen LogP contribution is 2.20. The maximum absolute atomic E-state index is 13.7. The highest BCUT2D eigenvalue weighted by atomic mass is 32.1. The van der Waals surface area contributed by atoms with Gasteiger partial charge in [0.2, 0.25) is 0 Å². The van der Waals surface area contributed by atoms with Gasteiger partial charge in [-0.05, 0) is 50.9 Å². The Labute approximate surface area is 129 Å². The van der Waals surface area contributed by atoms with Crippen LogP contribution in [0, 0.1) is 17.5 Å². The van der Waals surface area contributed by atoms with Gasteiger partial charge >= 0.3 is 0 Å². The van der Waals surface area contributed by atoms with Gasteiger partial charge in [-0.15, -0.1) is 0 Å². The van der Waals surface area contributed by atoms with Gasteiger partial charge in [0.1, 0.15) is 5.82 Å². The number of aromatic amines is 1. The molecule has 1 atom stereocenters. The fraction of sp³-hybridized carbons (Fsp3) is 0.533. The van der Waals surface area contributed by atoms with Crippen LogP contribution in [-0.4, -0.2) is 59.1 Å². The van der Waals surface area contributed by atoms with Crippen LogP contribution in [0.3, 0.4) is 0 Å². The maximum Gasteiger partial charge on any atom is 0.178 e. The maximum atomic E-state index is 13.7. The molecule has 1 N–H and O–H groups in total. The third kappa shape index (κ3) is 2.75. The number of likely N-dealkylation sites (N-methyl/N-ethyl adjacent to an activating group) is 2. The lowest BCUT2D eigenvalue weighted by molar-refractivity contribution is 0.103. The van der Waals surface area contributed by atoms with Crippen LogP contribution in [0.1, 0.15) is 5.56 Å². The van der Waals surface area contributed by atoms with Crippen molar-refractivity contribution in [3.05, 3.63) is 28.3 Å². The van der Waals surface area contributed by atoms with E-state index in [2.05, 4.69) is 33.4 Å². The topological polar surface area (TPSA) is 27.2 Å². The van der Waals surface area contributed by atoms with Crippen LogP contribution in [0.15, 0.2) is 12.1 Å². The van der Waals surface area contributed by atoms with E-state index in [-0.39, 0.29) is 5.82 Å². The molecule has 4 nitrogen and oxygen atoms in total. The lowest BCUT2D eigenvalue weighted by atomic mass is 10.1. The second kappa shape index (κ2) is 5.51. The van der Waals surface area contributed by atoms with Crippen molar-refractivity contribution in [2.24, 2.45) is 0 Å².